The van der Waals surface area contributed by atoms with Crippen LogP contribution in [0.1, 0.15) is 26.3 Å². The van der Waals surface area contributed by atoms with Crippen LogP contribution in [0.3, 0.4) is 0 Å². The highest BCUT2D eigenvalue weighted by molar-refractivity contribution is 6.42. The van der Waals surface area contributed by atoms with Gasteiger partial charge in [0.05, 0.1) is 21.2 Å². The van der Waals surface area contributed by atoms with Crippen LogP contribution in [-0.2, 0) is 20.9 Å². The summed E-state index contributed by atoms with van der Waals surface area (Å²) in [4.78, 5) is 49.0. The zero-order chi connectivity index (χ0) is 20.3. The number of benzene rings is 2. The van der Waals surface area contributed by atoms with Gasteiger partial charge in [-0.05, 0) is 29.8 Å². The lowest BCUT2D eigenvalue weighted by molar-refractivity contribution is -0.145. The Kier molecular flexibility index (Phi) is 5.96. The molecule has 0 atom stereocenters. The maximum Gasteiger partial charge on any atom is 0.325 e. The molecule has 0 aromatic heterocycles. The van der Waals surface area contributed by atoms with Crippen LogP contribution in [0, 0.1) is 0 Å². The van der Waals surface area contributed by atoms with Crippen molar-refractivity contribution in [3.63, 3.8) is 0 Å². The Morgan fingerprint density at radius 1 is 0.964 bits per heavy atom. The van der Waals surface area contributed by atoms with Gasteiger partial charge in [-0.1, -0.05) is 41.4 Å². The molecule has 1 aliphatic rings. The fourth-order valence-electron chi connectivity index (χ4n) is 2.60. The molecular weight excluding hydrogens is 407 g/mol. The fourth-order valence-corrected chi connectivity index (χ4v) is 2.92. The average molecular weight is 421 g/mol. The first kappa shape index (κ1) is 19.9. The van der Waals surface area contributed by atoms with Crippen molar-refractivity contribution in [1.29, 1.82) is 0 Å². The first-order chi connectivity index (χ1) is 13.4. The van der Waals surface area contributed by atoms with E-state index in [9.17, 15) is 19.2 Å². The van der Waals surface area contributed by atoms with Crippen molar-refractivity contribution in [2.24, 2.45) is 0 Å². The molecule has 0 aliphatic carbocycles. The second-order valence-corrected chi connectivity index (χ2v) is 6.74. The number of carbonyl (C=O) groups excluding carboxylic acids is 4. The molecule has 3 amide bonds. The Labute approximate surface area is 170 Å². The summed E-state index contributed by atoms with van der Waals surface area (Å²) in [7, 11) is 0. The molecule has 7 nitrogen and oxygen atoms in total. The van der Waals surface area contributed by atoms with Crippen molar-refractivity contribution >= 4 is 46.9 Å². The molecule has 1 heterocycles. The molecule has 28 heavy (non-hydrogen) atoms. The van der Waals surface area contributed by atoms with Crippen LogP contribution in [0.2, 0.25) is 10.0 Å². The molecule has 9 heteroatoms. The maximum absolute atomic E-state index is 12.2. The van der Waals surface area contributed by atoms with Crippen LogP contribution >= 0.6 is 23.2 Å². The van der Waals surface area contributed by atoms with Crippen molar-refractivity contribution in [2.45, 2.75) is 6.61 Å². The van der Waals surface area contributed by atoms with Gasteiger partial charge in [-0.3, -0.25) is 24.1 Å². The minimum absolute atomic E-state index is 0.0377. The monoisotopic (exact) mass is 420 g/mol. The first-order valence-electron chi connectivity index (χ1n) is 8.18. The van der Waals surface area contributed by atoms with Gasteiger partial charge in [0, 0.05) is 0 Å². The highest BCUT2D eigenvalue weighted by Gasteiger charge is 2.36. The van der Waals surface area contributed by atoms with E-state index in [2.05, 4.69) is 5.32 Å². The van der Waals surface area contributed by atoms with Crippen LogP contribution in [-0.4, -0.2) is 41.7 Å². The second kappa shape index (κ2) is 8.41. The Morgan fingerprint density at radius 2 is 1.61 bits per heavy atom. The lowest BCUT2D eigenvalue weighted by Gasteiger charge is -2.13. The summed E-state index contributed by atoms with van der Waals surface area (Å²) in [6.07, 6.45) is 0. The Morgan fingerprint density at radius 3 is 2.21 bits per heavy atom. The van der Waals surface area contributed by atoms with Gasteiger partial charge in [0.1, 0.15) is 19.7 Å². The molecule has 2 aromatic rings. The number of nitrogens with zero attached hydrogens (tertiary/aromatic N) is 1. The SMILES string of the molecule is O=C(CN1C(=O)c2ccccc2C1=O)NCC(=O)OCc1ccc(Cl)c(Cl)c1. The van der Waals surface area contributed by atoms with Crippen molar-refractivity contribution in [2.75, 3.05) is 13.1 Å². The summed E-state index contributed by atoms with van der Waals surface area (Å²) in [6, 6.07) is 11.1. The third-order valence-corrected chi connectivity index (χ3v) is 4.73. The minimum Gasteiger partial charge on any atom is -0.460 e. The largest absolute Gasteiger partial charge is 0.460 e. The number of hydrogen-bond donors (Lipinski definition) is 1. The van der Waals surface area contributed by atoms with Crippen LogP contribution in [0.25, 0.3) is 0 Å². The molecule has 0 saturated carbocycles. The molecule has 0 bridgehead atoms. The van der Waals surface area contributed by atoms with E-state index in [1.54, 1.807) is 30.3 Å². The predicted octanol–water partition coefficient (Wildman–Crippen LogP) is 2.45. The quantitative estimate of drug-likeness (QED) is 0.572. The number of amides is 3. The number of rotatable bonds is 6. The molecule has 0 unspecified atom stereocenters. The van der Waals surface area contributed by atoms with Crippen LogP contribution < -0.4 is 5.32 Å². The standard InChI is InChI=1S/C19H14Cl2N2O5/c20-14-6-5-11(7-15(14)21)10-28-17(25)8-22-16(24)9-23-18(26)12-3-1-2-4-13(12)19(23)27/h1-7H,8-10H2,(H,22,24). The molecular formula is C19H14Cl2N2O5. The predicted molar refractivity (Wildman–Crippen MR) is 101 cm³/mol. The van der Waals surface area contributed by atoms with E-state index in [1.165, 1.54) is 12.1 Å². The number of halogens is 2. The summed E-state index contributed by atoms with van der Waals surface area (Å²) in [5.41, 5.74) is 1.14. The molecule has 3 rings (SSSR count). The minimum atomic E-state index is -0.679. The fraction of sp³-hybridized carbons (Fsp3) is 0.158. The smallest absolute Gasteiger partial charge is 0.325 e. The Hall–Kier alpha value is -2.90. The van der Waals surface area contributed by atoms with E-state index < -0.39 is 36.8 Å². The van der Waals surface area contributed by atoms with Gasteiger partial charge in [0.15, 0.2) is 0 Å². The number of carbonyl (C=O) groups is 4. The van der Waals surface area contributed by atoms with E-state index in [4.69, 9.17) is 27.9 Å². The lowest BCUT2D eigenvalue weighted by Crippen LogP contribution is -2.42. The molecule has 144 valence electrons. The van der Waals surface area contributed by atoms with Crippen molar-refractivity contribution < 1.29 is 23.9 Å². The van der Waals surface area contributed by atoms with E-state index in [0.717, 1.165) is 4.90 Å². The summed E-state index contributed by atoms with van der Waals surface area (Å²) in [6.45, 7) is -0.917. The first-order valence-corrected chi connectivity index (χ1v) is 8.94. The van der Waals surface area contributed by atoms with Gasteiger partial charge < -0.3 is 10.1 Å². The number of imide groups is 1. The third-order valence-electron chi connectivity index (χ3n) is 3.99. The number of hydrogen-bond acceptors (Lipinski definition) is 5. The molecule has 0 radical (unpaired) electrons. The van der Waals surface area contributed by atoms with E-state index >= 15 is 0 Å². The number of ether oxygens (including phenoxy) is 1. The molecule has 0 spiro atoms. The van der Waals surface area contributed by atoms with Gasteiger partial charge in [0.25, 0.3) is 11.8 Å². The topological polar surface area (TPSA) is 92.8 Å². The van der Waals surface area contributed by atoms with Gasteiger partial charge in [-0.2, -0.15) is 0 Å². The normalized spacial score (nSPS) is 12.7. The number of esters is 1. The van der Waals surface area contributed by atoms with Crippen molar-refractivity contribution in [3.8, 4) is 0 Å². The zero-order valence-corrected chi connectivity index (χ0v) is 15.9. The van der Waals surface area contributed by atoms with Gasteiger partial charge in [0.2, 0.25) is 5.91 Å². The summed E-state index contributed by atoms with van der Waals surface area (Å²) < 4.78 is 5.03. The summed E-state index contributed by atoms with van der Waals surface area (Å²) in [5.74, 6) is -2.42. The van der Waals surface area contributed by atoms with Crippen molar-refractivity contribution in [3.05, 3.63) is 69.2 Å². The number of nitrogens with one attached hydrogen (secondary N) is 1. The lowest BCUT2D eigenvalue weighted by atomic mass is 10.1. The van der Waals surface area contributed by atoms with Gasteiger partial charge in [-0.25, -0.2) is 0 Å². The van der Waals surface area contributed by atoms with E-state index in [-0.39, 0.29) is 17.7 Å². The highest BCUT2D eigenvalue weighted by atomic mass is 35.5. The Bertz CT molecular complexity index is 942. The Balaban J connectivity index is 1.47. The molecule has 2 aromatic carbocycles. The van der Waals surface area contributed by atoms with Crippen LogP contribution in [0.15, 0.2) is 42.5 Å². The summed E-state index contributed by atoms with van der Waals surface area (Å²) >= 11 is 11.7. The van der Waals surface area contributed by atoms with E-state index in [1.807, 2.05) is 0 Å². The second-order valence-electron chi connectivity index (χ2n) is 5.93. The van der Waals surface area contributed by atoms with Crippen LogP contribution in [0.5, 0.6) is 0 Å². The average Bonchev–Trinajstić information content (AvgIpc) is 2.92. The van der Waals surface area contributed by atoms with Crippen LogP contribution in [0.4, 0.5) is 0 Å². The third kappa shape index (κ3) is 4.32. The van der Waals surface area contributed by atoms with Gasteiger partial charge in [-0.15, -0.1) is 0 Å². The van der Waals surface area contributed by atoms with E-state index in [0.29, 0.717) is 15.6 Å². The number of fused-ring (bicyclic) bond motifs is 1. The zero-order valence-electron chi connectivity index (χ0n) is 14.4. The van der Waals surface area contributed by atoms with Crippen molar-refractivity contribution in [1.82, 2.24) is 10.2 Å². The maximum atomic E-state index is 12.2. The molecule has 0 fully saturated rings. The highest BCUT2D eigenvalue weighted by Crippen LogP contribution is 2.23. The molecule has 0 saturated heterocycles. The summed E-state index contributed by atoms with van der Waals surface area (Å²) in [5, 5.41) is 3.05. The molecule has 1 N–H and O–H groups in total. The molecule has 1 aliphatic heterocycles. The van der Waals surface area contributed by atoms with Gasteiger partial charge >= 0.3 is 5.97 Å².